The maximum absolute atomic E-state index is 12.7. The Balaban J connectivity index is 1.86. The molecule has 108 valence electrons. The molecule has 0 spiro atoms. The van der Waals surface area contributed by atoms with Crippen molar-refractivity contribution in [1.82, 2.24) is 4.98 Å². The maximum Gasteiger partial charge on any atom is 0.266 e. The van der Waals surface area contributed by atoms with Crippen LogP contribution in [-0.2, 0) is 0 Å². The minimum Gasteiger partial charge on any atom is -0.497 e. The van der Waals surface area contributed by atoms with Crippen molar-refractivity contribution >= 4 is 28.4 Å². The average Bonchev–Trinajstić information content (AvgIpc) is 3.11. The Hall–Kier alpha value is -3.08. The standard InChI is InChI=1S/C17H12N2O3/c1-22-11-4-2-10(3-5-11)19-16(20)13-6-7-14-12(8-9-18-14)15(13)17(19)21/h2-9,18H,1H3. The van der Waals surface area contributed by atoms with Crippen LogP contribution in [-0.4, -0.2) is 23.9 Å². The number of benzene rings is 2. The highest BCUT2D eigenvalue weighted by molar-refractivity contribution is 6.37. The fourth-order valence-electron chi connectivity index (χ4n) is 2.83. The molecule has 2 heterocycles. The lowest BCUT2D eigenvalue weighted by molar-refractivity contribution is 0.0926. The fraction of sp³-hybridized carbons (Fsp3) is 0.0588. The molecule has 1 N–H and O–H groups in total. The van der Waals surface area contributed by atoms with Crippen LogP contribution in [0, 0.1) is 0 Å². The Labute approximate surface area is 126 Å². The lowest BCUT2D eigenvalue weighted by Gasteiger charge is -2.14. The van der Waals surface area contributed by atoms with E-state index < -0.39 is 0 Å². The van der Waals surface area contributed by atoms with Crippen LogP contribution in [0.1, 0.15) is 20.7 Å². The lowest BCUT2D eigenvalue weighted by Crippen LogP contribution is -2.29. The second-order valence-electron chi connectivity index (χ2n) is 5.07. The molecule has 0 bridgehead atoms. The van der Waals surface area contributed by atoms with Gasteiger partial charge in [0.2, 0.25) is 0 Å². The van der Waals surface area contributed by atoms with Gasteiger partial charge >= 0.3 is 0 Å². The molecule has 0 saturated carbocycles. The van der Waals surface area contributed by atoms with E-state index in [1.807, 2.05) is 12.1 Å². The van der Waals surface area contributed by atoms with Gasteiger partial charge < -0.3 is 9.72 Å². The molecule has 1 aromatic heterocycles. The first-order chi connectivity index (χ1) is 10.7. The Kier molecular flexibility index (Phi) is 2.56. The molecule has 2 amide bonds. The molecule has 0 saturated heterocycles. The number of ether oxygens (including phenoxy) is 1. The van der Waals surface area contributed by atoms with E-state index in [4.69, 9.17) is 4.74 Å². The highest BCUT2D eigenvalue weighted by Crippen LogP contribution is 2.33. The van der Waals surface area contributed by atoms with E-state index in [0.717, 1.165) is 10.9 Å². The van der Waals surface area contributed by atoms with Crippen LogP contribution in [0.5, 0.6) is 5.75 Å². The molecule has 0 unspecified atom stereocenters. The second kappa shape index (κ2) is 4.46. The summed E-state index contributed by atoms with van der Waals surface area (Å²) in [6, 6.07) is 12.2. The van der Waals surface area contributed by atoms with E-state index >= 15 is 0 Å². The molecule has 1 aliphatic heterocycles. The number of carbonyl (C=O) groups excluding carboxylic acids is 2. The first-order valence-corrected chi connectivity index (χ1v) is 6.83. The molecule has 0 aliphatic carbocycles. The summed E-state index contributed by atoms with van der Waals surface area (Å²) in [5.41, 5.74) is 2.28. The molecule has 4 rings (SSSR count). The van der Waals surface area contributed by atoms with Crippen molar-refractivity contribution in [2.45, 2.75) is 0 Å². The van der Waals surface area contributed by atoms with Crippen molar-refractivity contribution in [2.24, 2.45) is 0 Å². The van der Waals surface area contributed by atoms with Crippen LogP contribution < -0.4 is 9.64 Å². The molecule has 5 heteroatoms. The van der Waals surface area contributed by atoms with Crippen LogP contribution >= 0.6 is 0 Å². The van der Waals surface area contributed by atoms with Gasteiger partial charge in [0.1, 0.15) is 5.75 Å². The van der Waals surface area contributed by atoms with Crippen molar-refractivity contribution in [1.29, 1.82) is 0 Å². The monoisotopic (exact) mass is 292 g/mol. The van der Waals surface area contributed by atoms with Crippen molar-refractivity contribution in [3.8, 4) is 5.75 Å². The number of carbonyl (C=O) groups is 2. The number of imide groups is 1. The van der Waals surface area contributed by atoms with Crippen LogP contribution in [0.15, 0.2) is 48.7 Å². The molecule has 3 aromatic rings. The highest BCUT2D eigenvalue weighted by atomic mass is 16.5. The van der Waals surface area contributed by atoms with Gasteiger partial charge in [-0.3, -0.25) is 9.59 Å². The van der Waals surface area contributed by atoms with Crippen molar-refractivity contribution in [2.75, 3.05) is 12.0 Å². The molecular weight excluding hydrogens is 280 g/mol. The molecule has 0 radical (unpaired) electrons. The zero-order valence-corrected chi connectivity index (χ0v) is 11.8. The van der Waals surface area contributed by atoms with Gasteiger partial charge in [-0.15, -0.1) is 0 Å². The van der Waals surface area contributed by atoms with Gasteiger partial charge in [-0.25, -0.2) is 4.90 Å². The van der Waals surface area contributed by atoms with Gasteiger partial charge in [0.25, 0.3) is 11.8 Å². The summed E-state index contributed by atoms with van der Waals surface area (Å²) < 4.78 is 5.10. The third-order valence-corrected chi connectivity index (χ3v) is 3.92. The summed E-state index contributed by atoms with van der Waals surface area (Å²) in [5, 5.41) is 0.770. The van der Waals surface area contributed by atoms with Crippen LogP contribution in [0.25, 0.3) is 10.9 Å². The average molecular weight is 292 g/mol. The first kappa shape index (κ1) is 12.6. The number of hydrogen-bond acceptors (Lipinski definition) is 3. The van der Waals surface area contributed by atoms with E-state index in [1.165, 1.54) is 4.90 Å². The summed E-state index contributed by atoms with van der Waals surface area (Å²) in [5.74, 6) is 0.0806. The van der Waals surface area contributed by atoms with Gasteiger partial charge in [0.05, 0.1) is 23.9 Å². The Morgan fingerprint density at radius 3 is 2.45 bits per heavy atom. The highest BCUT2D eigenvalue weighted by Gasteiger charge is 2.38. The summed E-state index contributed by atoms with van der Waals surface area (Å²) in [6.07, 6.45) is 1.76. The number of aromatic nitrogens is 1. The van der Waals surface area contributed by atoms with Crippen molar-refractivity contribution in [3.05, 3.63) is 59.8 Å². The fourth-order valence-corrected chi connectivity index (χ4v) is 2.83. The number of nitrogens with zero attached hydrogens (tertiary/aromatic N) is 1. The predicted octanol–water partition coefficient (Wildman–Crippen LogP) is 2.98. The minimum absolute atomic E-state index is 0.296. The molecular formula is C17H12N2O3. The van der Waals surface area contributed by atoms with Gasteiger partial charge in [0.15, 0.2) is 0 Å². The number of H-pyrrole nitrogens is 1. The van der Waals surface area contributed by atoms with Gasteiger partial charge in [0, 0.05) is 17.1 Å². The van der Waals surface area contributed by atoms with Gasteiger partial charge in [-0.1, -0.05) is 0 Å². The number of rotatable bonds is 2. The van der Waals surface area contributed by atoms with Crippen molar-refractivity contribution < 1.29 is 14.3 Å². The second-order valence-corrected chi connectivity index (χ2v) is 5.07. The number of aromatic amines is 1. The largest absolute Gasteiger partial charge is 0.497 e. The summed E-state index contributed by atoms with van der Waals surface area (Å²) >= 11 is 0. The number of anilines is 1. The predicted molar refractivity (Wildman–Crippen MR) is 82.4 cm³/mol. The molecule has 0 atom stereocenters. The Morgan fingerprint density at radius 2 is 1.73 bits per heavy atom. The SMILES string of the molecule is COc1ccc(N2C(=O)c3ccc4[nH]ccc4c3C2=O)cc1. The smallest absolute Gasteiger partial charge is 0.266 e. The Morgan fingerprint density at radius 1 is 0.955 bits per heavy atom. The van der Waals surface area contributed by atoms with Crippen LogP contribution in [0.4, 0.5) is 5.69 Å². The normalized spacial score (nSPS) is 13.8. The summed E-state index contributed by atoms with van der Waals surface area (Å²) in [6.45, 7) is 0. The van der Waals surface area contributed by atoms with Gasteiger partial charge in [-0.05, 0) is 42.5 Å². The van der Waals surface area contributed by atoms with E-state index in [2.05, 4.69) is 4.98 Å². The topological polar surface area (TPSA) is 62.4 Å². The van der Waals surface area contributed by atoms with E-state index in [0.29, 0.717) is 22.6 Å². The number of fused-ring (bicyclic) bond motifs is 3. The number of nitrogens with one attached hydrogen (secondary N) is 1. The van der Waals surface area contributed by atoms with Crippen LogP contribution in [0.2, 0.25) is 0 Å². The minimum atomic E-state index is -0.298. The quantitative estimate of drug-likeness (QED) is 0.739. The van der Waals surface area contributed by atoms with Crippen LogP contribution in [0.3, 0.4) is 0 Å². The molecule has 1 aliphatic rings. The zero-order valence-electron chi connectivity index (χ0n) is 11.8. The zero-order chi connectivity index (χ0) is 15.3. The molecule has 2 aromatic carbocycles. The lowest BCUT2D eigenvalue weighted by atomic mass is 10.1. The Bertz CT molecular complexity index is 909. The number of amides is 2. The molecule has 22 heavy (non-hydrogen) atoms. The van der Waals surface area contributed by atoms with Crippen molar-refractivity contribution in [3.63, 3.8) is 0 Å². The summed E-state index contributed by atoms with van der Waals surface area (Å²) in [7, 11) is 1.57. The third-order valence-electron chi connectivity index (χ3n) is 3.92. The summed E-state index contributed by atoms with van der Waals surface area (Å²) in [4.78, 5) is 29.6. The van der Waals surface area contributed by atoms with E-state index in [9.17, 15) is 9.59 Å². The number of methoxy groups -OCH3 is 1. The molecule has 5 nitrogen and oxygen atoms in total. The van der Waals surface area contributed by atoms with E-state index in [-0.39, 0.29) is 11.8 Å². The first-order valence-electron chi connectivity index (χ1n) is 6.83. The maximum atomic E-state index is 12.7. The van der Waals surface area contributed by atoms with E-state index in [1.54, 1.807) is 43.6 Å². The number of hydrogen-bond donors (Lipinski definition) is 1. The molecule has 0 fully saturated rings. The van der Waals surface area contributed by atoms with Gasteiger partial charge in [-0.2, -0.15) is 0 Å². The third kappa shape index (κ3) is 1.59.